The van der Waals surface area contributed by atoms with Crippen LogP contribution in [0.5, 0.6) is 0 Å². The van der Waals surface area contributed by atoms with Crippen molar-refractivity contribution in [1.29, 1.82) is 0 Å². The van der Waals surface area contributed by atoms with Gasteiger partial charge in [-0.3, -0.25) is 4.40 Å². The molecule has 3 aromatic rings. The molecule has 0 aliphatic heterocycles. The third-order valence-corrected chi connectivity index (χ3v) is 3.63. The summed E-state index contributed by atoms with van der Waals surface area (Å²) in [6, 6.07) is 8.99. The van der Waals surface area contributed by atoms with Crippen LogP contribution in [0.15, 0.2) is 41.0 Å². The number of pyridine rings is 1. The zero-order chi connectivity index (χ0) is 13.6. The molecule has 0 spiro atoms. The van der Waals surface area contributed by atoms with Crippen LogP contribution in [0.3, 0.4) is 0 Å². The molecule has 0 unspecified atom stereocenters. The average molecular weight is 319 g/mol. The fourth-order valence-corrected chi connectivity index (χ4v) is 2.72. The molecule has 3 rings (SSSR count). The highest BCUT2D eigenvalue weighted by molar-refractivity contribution is 9.10. The number of hydrogen-bond donors (Lipinski definition) is 0. The molecule has 0 saturated carbocycles. The van der Waals surface area contributed by atoms with Crippen LogP contribution < -0.4 is 0 Å². The van der Waals surface area contributed by atoms with Gasteiger partial charge in [-0.25, -0.2) is 9.37 Å². The van der Waals surface area contributed by atoms with Crippen molar-refractivity contribution in [2.75, 3.05) is 0 Å². The zero-order valence-electron chi connectivity index (χ0n) is 10.6. The Hall–Kier alpha value is -1.68. The molecule has 19 heavy (non-hydrogen) atoms. The van der Waals surface area contributed by atoms with Gasteiger partial charge < -0.3 is 0 Å². The molecule has 96 valence electrons. The minimum absolute atomic E-state index is 0.245. The van der Waals surface area contributed by atoms with E-state index in [-0.39, 0.29) is 5.82 Å². The monoisotopic (exact) mass is 318 g/mol. The summed E-state index contributed by atoms with van der Waals surface area (Å²) in [6.07, 6.45) is 1.71. The van der Waals surface area contributed by atoms with Crippen LogP contribution in [-0.2, 0) is 0 Å². The van der Waals surface area contributed by atoms with E-state index < -0.39 is 0 Å². The molecule has 0 aliphatic rings. The largest absolute Gasteiger partial charge is 0.297 e. The standard InChI is InChI=1S/C15H12BrFN2/c1-9-5-10(2)19-14(8-18-15(19)6-9)12-7-11(16)3-4-13(12)17/h3-8H,1-2H3. The Balaban J connectivity index is 2.34. The molecule has 0 fully saturated rings. The molecule has 2 heterocycles. The van der Waals surface area contributed by atoms with Crippen LogP contribution in [0.1, 0.15) is 11.3 Å². The third kappa shape index (κ3) is 2.06. The van der Waals surface area contributed by atoms with Crippen LogP contribution in [0.25, 0.3) is 16.9 Å². The molecule has 2 aromatic heterocycles. The Bertz CT molecular complexity index is 777. The summed E-state index contributed by atoms with van der Waals surface area (Å²) in [7, 11) is 0. The molecular weight excluding hydrogens is 307 g/mol. The molecule has 0 amide bonds. The van der Waals surface area contributed by atoms with Crippen molar-refractivity contribution in [3.63, 3.8) is 0 Å². The normalized spacial score (nSPS) is 11.2. The van der Waals surface area contributed by atoms with Crippen molar-refractivity contribution in [2.24, 2.45) is 0 Å². The van der Waals surface area contributed by atoms with Gasteiger partial charge in [-0.2, -0.15) is 0 Å². The first kappa shape index (κ1) is 12.4. The number of rotatable bonds is 1. The molecule has 0 aliphatic carbocycles. The maximum Gasteiger partial charge on any atom is 0.137 e. The highest BCUT2D eigenvalue weighted by atomic mass is 79.9. The number of halogens is 2. The van der Waals surface area contributed by atoms with Crippen molar-refractivity contribution in [3.8, 4) is 11.3 Å². The van der Waals surface area contributed by atoms with Gasteiger partial charge in [0.25, 0.3) is 0 Å². The first-order chi connectivity index (χ1) is 9.06. The van der Waals surface area contributed by atoms with Gasteiger partial charge in [-0.05, 0) is 49.7 Å². The zero-order valence-corrected chi connectivity index (χ0v) is 12.2. The van der Waals surface area contributed by atoms with Gasteiger partial charge >= 0.3 is 0 Å². The highest BCUT2D eigenvalue weighted by Crippen LogP contribution is 2.28. The van der Waals surface area contributed by atoms with E-state index in [1.54, 1.807) is 18.3 Å². The minimum Gasteiger partial charge on any atom is -0.297 e. The molecule has 1 aromatic carbocycles. The fourth-order valence-electron chi connectivity index (χ4n) is 2.36. The lowest BCUT2D eigenvalue weighted by molar-refractivity contribution is 0.630. The molecule has 4 heteroatoms. The number of fused-ring (bicyclic) bond motifs is 1. The molecular formula is C15H12BrFN2. The number of imidazole rings is 1. The second kappa shape index (κ2) is 4.46. The number of hydrogen-bond acceptors (Lipinski definition) is 1. The Morgan fingerprint density at radius 1 is 1.16 bits per heavy atom. The van der Waals surface area contributed by atoms with Crippen molar-refractivity contribution in [2.45, 2.75) is 13.8 Å². The maximum atomic E-state index is 14.0. The number of benzene rings is 1. The summed E-state index contributed by atoms with van der Waals surface area (Å²) in [5.74, 6) is -0.245. The van der Waals surface area contributed by atoms with E-state index in [1.807, 2.05) is 24.3 Å². The quantitative estimate of drug-likeness (QED) is 0.644. The molecule has 2 nitrogen and oxygen atoms in total. The second-order valence-corrected chi connectivity index (χ2v) is 5.55. The van der Waals surface area contributed by atoms with E-state index in [0.29, 0.717) is 5.56 Å². The third-order valence-electron chi connectivity index (χ3n) is 3.14. The summed E-state index contributed by atoms with van der Waals surface area (Å²) < 4.78 is 16.8. The summed E-state index contributed by atoms with van der Waals surface area (Å²) >= 11 is 3.38. The van der Waals surface area contributed by atoms with E-state index in [2.05, 4.69) is 27.0 Å². The fraction of sp³-hybridized carbons (Fsp3) is 0.133. The lowest BCUT2D eigenvalue weighted by atomic mass is 10.1. The molecule has 0 N–H and O–H groups in total. The number of nitrogens with zero attached hydrogens (tertiary/aromatic N) is 2. The lowest BCUT2D eigenvalue weighted by Crippen LogP contribution is -1.96. The summed E-state index contributed by atoms with van der Waals surface area (Å²) in [5, 5.41) is 0. The highest BCUT2D eigenvalue weighted by Gasteiger charge is 2.12. The van der Waals surface area contributed by atoms with Crippen molar-refractivity contribution < 1.29 is 4.39 Å². The van der Waals surface area contributed by atoms with Gasteiger partial charge in [0.15, 0.2) is 0 Å². The second-order valence-electron chi connectivity index (χ2n) is 4.64. The molecule has 0 bridgehead atoms. The van der Waals surface area contributed by atoms with E-state index in [1.165, 1.54) is 6.07 Å². The van der Waals surface area contributed by atoms with Crippen molar-refractivity contribution in [3.05, 3.63) is 58.1 Å². The van der Waals surface area contributed by atoms with E-state index in [4.69, 9.17) is 0 Å². The van der Waals surface area contributed by atoms with Crippen LogP contribution in [-0.4, -0.2) is 9.38 Å². The average Bonchev–Trinajstić information content (AvgIpc) is 2.76. The van der Waals surface area contributed by atoms with E-state index in [9.17, 15) is 4.39 Å². The summed E-state index contributed by atoms with van der Waals surface area (Å²) in [5.41, 5.74) is 4.35. The van der Waals surface area contributed by atoms with Crippen molar-refractivity contribution in [1.82, 2.24) is 9.38 Å². The van der Waals surface area contributed by atoms with Gasteiger partial charge in [-0.1, -0.05) is 15.9 Å². The molecule has 0 saturated heterocycles. The first-order valence-corrected chi connectivity index (χ1v) is 6.75. The van der Waals surface area contributed by atoms with Gasteiger partial charge in [0.2, 0.25) is 0 Å². The molecule has 0 atom stereocenters. The van der Waals surface area contributed by atoms with E-state index in [0.717, 1.165) is 27.1 Å². The lowest BCUT2D eigenvalue weighted by Gasteiger charge is -2.08. The summed E-state index contributed by atoms with van der Waals surface area (Å²) in [4.78, 5) is 4.37. The summed E-state index contributed by atoms with van der Waals surface area (Å²) in [6.45, 7) is 4.03. The predicted octanol–water partition coefficient (Wildman–Crippen LogP) is 4.52. The van der Waals surface area contributed by atoms with Crippen molar-refractivity contribution >= 4 is 21.6 Å². The maximum absolute atomic E-state index is 14.0. The van der Waals surface area contributed by atoms with Gasteiger partial charge in [0, 0.05) is 15.7 Å². The predicted molar refractivity (Wildman–Crippen MR) is 77.8 cm³/mol. The SMILES string of the molecule is Cc1cc(C)n2c(-c3cc(Br)ccc3F)cnc2c1. The van der Waals surface area contributed by atoms with Crippen LogP contribution in [0.4, 0.5) is 4.39 Å². The van der Waals surface area contributed by atoms with Crippen LogP contribution in [0, 0.1) is 19.7 Å². The number of aryl methyl sites for hydroxylation is 2. The minimum atomic E-state index is -0.245. The van der Waals surface area contributed by atoms with Crippen LogP contribution >= 0.6 is 15.9 Å². The Morgan fingerprint density at radius 3 is 2.74 bits per heavy atom. The van der Waals surface area contributed by atoms with E-state index >= 15 is 0 Å². The smallest absolute Gasteiger partial charge is 0.137 e. The Labute approximate surface area is 119 Å². The Kier molecular flexibility index (Phi) is 2.90. The van der Waals surface area contributed by atoms with Gasteiger partial charge in [0.1, 0.15) is 11.5 Å². The van der Waals surface area contributed by atoms with Gasteiger partial charge in [0.05, 0.1) is 11.9 Å². The first-order valence-electron chi connectivity index (χ1n) is 5.96. The number of aromatic nitrogens is 2. The Morgan fingerprint density at radius 2 is 1.95 bits per heavy atom. The van der Waals surface area contributed by atoms with Crippen LogP contribution in [0.2, 0.25) is 0 Å². The van der Waals surface area contributed by atoms with Gasteiger partial charge in [-0.15, -0.1) is 0 Å². The molecule has 0 radical (unpaired) electrons. The topological polar surface area (TPSA) is 17.3 Å².